The van der Waals surface area contributed by atoms with Crippen molar-refractivity contribution in [1.29, 1.82) is 0 Å². The van der Waals surface area contributed by atoms with Crippen LogP contribution in [0.5, 0.6) is 5.75 Å². The summed E-state index contributed by atoms with van der Waals surface area (Å²) in [5.74, 6) is -3.03. The Morgan fingerprint density at radius 1 is 1.24 bits per heavy atom. The number of esters is 1. The average molecular weight is 480 g/mol. The summed E-state index contributed by atoms with van der Waals surface area (Å²) in [7, 11) is 0. The molecule has 0 bridgehead atoms. The summed E-state index contributed by atoms with van der Waals surface area (Å²) < 4.78 is 4.34. The van der Waals surface area contributed by atoms with Gasteiger partial charge in [-0.2, -0.15) is 0 Å². The van der Waals surface area contributed by atoms with Gasteiger partial charge in [-0.3, -0.25) is 14.4 Å². The van der Waals surface area contributed by atoms with Gasteiger partial charge in [0.1, 0.15) is 29.8 Å². The number of carboxylic acid groups (broad SMARTS) is 1. The van der Waals surface area contributed by atoms with E-state index in [0.29, 0.717) is 5.56 Å². The van der Waals surface area contributed by atoms with E-state index in [4.69, 9.17) is 10.5 Å². The highest BCUT2D eigenvalue weighted by atomic mass is 32.2. The summed E-state index contributed by atoms with van der Waals surface area (Å²) in [6.45, 7) is 7.79. The number of carbonyl (C=O) groups excluding carboxylic acids is 3. The number of benzene rings is 1. The Hall–Kier alpha value is -2.79. The number of thioether (sulfide) groups is 1. The smallest absolute Gasteiger partial charge is 0.334 e. The number of phenolic OH excluding ortho intramolecular Hbond substituents is 1. The lowest BCUT2D eigenvalue weighted by molar-refractivity contribution is -0.181. The molecule has 2 amide bonds. The molecule has 1 aromatic rings. The Morgan fingerprint density at radius 2 is 1.82 bits per heavy atom. The van der Waals surface area contributed by atoms with Crippen molar-refractivity contribution in [2.45, 2.75) is 62.4 Å². The van der Waals surface area contributed by atoms with Crippen LogP contribution in [0.1, 0.15) is 46.2 Å². The van der Waals surface area contributed by atoms with Crippen molar-refractivity contribution in [3.8, 4) is 5.75 Å². The van der Waals surface area contributed by atoms with Gasteiger partial charge in [0.2, 0.25) is 11.8 Å². The SMILES string of the molecule is CC(C)(C)C(=O)OC[C@@]1(C(=O)O)N2C(=O)C(NC(=O)C(N)c3ccc(O)cc3)[C@H]2SC1(C)C. The highest BCUT2D eigenvalue weighted by Crippen LogP contribution is 2.57. The van der Waals surface area contributed by atoms with E-state index in [0.717, 1.165) is 0 Å². The van der Waals surface area contributed by atoms with Gasteiger partial charge in [-0.1, -0.05) is 12.1 Å². The van der Waals surface area contributed by atoms with Crippen molar-refractivity contribution < 1.29 is 34.1 Å². The molecule has 2 unspecified atom stereocenters. The molecule has 4 atom stereocenters. The number of hydrogen-bond acceptors (Lipinski definition) is 8. The number of phenols is 1. The Bertz CT molecular complexity index is 989. The lowest BCUT2D eigenvalue weighted by atomic mass is 9.81. The first-order valence-electron chi connectivity index (χ1n) is 10.4. The normalized spacial score (nSPS) is 26.7. The molecule has 0 aliphatic carbocycles. The average Bonchev–Trinajstić information content (AvgIpc) is 2.94. The summed E-state index contributed by atoms with van der Waals surface area (Å²) in [5.41, 5.74) is 3.81. The number of fused-ring (bicyclic) bond motifs is 1. The molecule has 0 spiro atoms. The minimum atomic E-state index is -1.79. The standard InChI is InChI=1S/C22H29N3O7S/c1-20(2,3)19(31)32-10-22(18(29)30)21(4,5)33-17-14(16(28)25(17)22)24-15(27)13(23)11-6-8-12(26)9-7-11/h6-9,13-14,17,26H,10,23H2,1-5H3,(H,24,27)(H,29,30)/t13?,14?,17-,22+/m1/s1. The Kier molecular flexibility index (Phi) is 6.18. The van der Waals surface area contributed by atoms with E-state index >= 15 is 0 Å². The molecule has 5 N–H and O–H groups in total. The summed E-state index contributed by atoms with van der Waals surface area (Å²) >= 11 is 1.22. The summed E-state index contributed by atoms with van der Waals surface area (Å²) in [4.78, 5) is 51.7. The molecule has 0 radical (unpaired) electrons. The molecule has 180 valence electrons. The predicted octanol–water partition coefficient (Wildman–Crippen LogP) is 0.983. The molecular formula is C22H29N3O7S. The highest BCUT2D eigenvalue weighted by molar-refractivity contribution is 8.01. The molecule has 2 fully saturated rings. The Labute approximate surface area is 195 Å². The number of nitrogens with zero attached hydrogens (tertiary/aromatic N) is 1. The summed E-state index contributed by atoms with van der Waals surface area (Å²) in [6.07, 6.45) is 0. The first kappa shape index (κ1) is 24.8. The van der Waals surface area contributed by atoms with Crippen molar-refractivity contribution >= 4 is 35.5 Å². The number of aromatic hydroxyl groups is 1. The number of ether oxygens (including phenoxy) is 1. The maximum atomic E-state index is 13.1. The molecule has 1 aromatic carbocycles. The fraction of sp³-hybridized carbons (Fsp3) is 0.545. The van der Waals surface area contributed by atoms with E-state index in [-0.39, 0.29) is 5.75 Å². The van der Waals surface area contributed by atoms with Crippen LogP contribution in [0.2, 0.25) is 0 Å². The lowest BCUT2D eigenvalue weighted by Gasteiger charge is -2.49. The van der Waals surface area contributed by atoms with Gasteiger partial charge in [-0.25, -0.2) is 4.79 Å². The van der Waals surface area contributed by atoms with Crippen LogP contribution >= 0.6 is 11.8 Å². The number of carboxylic acids is 1. The molecular weight excluding hydrogens is 450 g/mol. The minimum absolute atomic E-state index is 0.0259. The van der Waals surface area contributed by atoms with Gasteiger partial charge >= 0.3 is 11.9 Å². The molecule has 2 heterocycles. The molecule has 10 nitrogen and oxygen atoms in total. The van der Waals surface area contributed by atoms with Crippen molar-refractivity contribution in [3.63, 3.8) is 0 Å². The maximum absolute atomic E-state index is 13.1. The largest absolute Gasteiger partial charge is 0.508 e. The van der Waals surface area contributed by atoms with Crippen LogP contribution in [0, 0.1) is 5.41 Å². The zero-order chi connectivity index (χ0) is 24.9. The van der Waals surface area contributed by atoms with Crippen LogP contribution in [-0.2, 0) is 23.9 Å². The van der Waals surface area contributed by atoms with Crippen LogP contribution in [-0.4, -0.2) is 67.2 Å². The third kappa shape index (κ3) is 4.04. The van der Waals surface area contributed by atoms with Crippen molar-refractivity contribution in [3.05, 3.63) is 29.8 Å². The van der Waals surface area contributed by atoms with Crippen LogP contribution in [0.15, 0.2) is 24.3 Å². The molecule has 11 heteroatoms. The van der Waals surface area contributed by atoms with E-state index in [2.05, 4.69) is 5.32 Å². The second-order valence-corrected chi connectivity index (χ2v) is 11.5. The first-order valence-corrected chi connectivity index (χ1v) is 11.3. The second-order valence-electron chi connectivity index (χ2n) is 9.77. The Morgan fingerprint density at radius 3 is 2.33 bits per heavy atom. The maximum Gasteiger partial charge on any atom is 0.334 e. The Balaban J connectivity index is 1.80. The monoisotopic (exact) mass is 479 g/mol. The molecule has 33 heavy (non-hydrogen) atoms. The van der Waals surface area contributed by atoms with Gasteiger partial charge in [0.15, 0.2) is 5.54 Å². The zero-order valence-electron chi connectivity index (χ0n) is 19.1. The van der Waals surface area contributed by atoms with Crippen LogP contribution < -0.4 is 11.1 Å². The molecule has 2 aliphatic heterocycles. The molecule has 0 aromatic heterocycles. The van der Waals surface area contributed by atoms with Crippen LogP contribution in [0.25, 0.3) is 0 Å². The predicted molar refractivity (Wildman–Crippen MR) is 120 cm³/mol. The summed E-state index contributed by atoms with van der Waals surface area (Å²) in [5, 5.41) is 21.5. The van der Waals surface area contributed by atoms with Crippen molar-refractivity contribution in [2.24, 2.45) is 11.1 Å². The highest BCUT2D eigenvalue weighted by Gasteiger charge is 2.73. The lowest BCUT2D eigenvalue weighted by Crippen LogP contribution is -2.77. The molecule has 3 rings (SSSR count). The number of rotatable bonds is 6. The number of amides is 2. The fourth-order valence-corrected chi connectivity index (χ4v) is 5.69. The van der Waals surface area contributed by atoms with Gasteiger partial charge in [-0.15, -0.1) is 11.8 Å². The van der Waals surface area contributed by atoms with E-state index in [1.54, 1.807) is 34.6 Å². The van der Waals surface area contributed by atoms with Gasteiger partial charge in [0.25, 0.3) is 0 Å². The topological polar surface area (TPSA) is 159 Å². The third-order valence-corrected chi connectivity index (χ3v) is 7.73. The van der Waals surface area contributed by atoms with E-state index in [9.17, 15) is 29.4 Å². The van der Waals surface area contributed by atoms with E-state index in [1.807, 2.05) is 0 Å². The van der Waals surface area contributed by atoms with Crippen LogP contribution in [0.4, 0.5) is 0 Å². The quantitative estimate of drug-likeness (QED) is 0.344. The van der Waals surface area contributed by atoms with E-state index < -0.39 is 63.5 Å². The van der Waals surface area contributed by atoms with Crippen molar-refractivity contribution in [1.82, 2.24) is 10.2 Å². The number of β-lactam (4-membered cyclic amide) rings is 1. The number of aliphatic carboxylic acids is 1. The van der Waals surface area contributed by atoms with Gasteiger partial charge in [-0.05, 0) is 52.3 Å². The first-order chi connectivity index (χ1) is 15.1. The molecule has 0 saturated carbocycles. The fourth-order valence-electron chi connectivity index (χ4n) is 3.94. The number of carbonyl (C=O) groups is 4. The van der Waals surface area contributed by atoms with E-state index in [1.165, 1.54) is 40.9 Å². The number of nitrogens with two attached hydrogens (primary N) is 1. The molecule has 2 aliphatic rings. The van der Waals surface area contributed by atoms with Crippen LogP contribution in [0.3, 0.4) is 0 Å². The minimum Gasteiger partial charge on any atom is -0.508 e. The second kappa shape index (κ2) is 8.21. The van der Waals surface area contributed by atoms with Gasteiger partial charge in [0.05, 0.1) is 10.2 Å². The molecule has 2 saturated heterocycles. The number of hydrogen-bond donors (Lipinski definition) is 4. The van der Waals surface area contributed by atoms with Crippen molar-refractivity contribution in [2.75, 3.05) is 6.61 Å². The number of nitrogens with one attached hydrogen (secondary N) is 1. The third-order valence-electron chi connectivity index (χ3n) is 6.08. The van der Waals surface area contributed by atoms with Gasteiger partial charge < -0.3 is 30.9 Å². The van der Waals surface area contributed by atoms with Gasteiger partial charge in [0, 0.05) is 0 Å². The summed E-state index contributed by atoms with van der Waals surface area (Å²) in [6, 6.07) is 3.75. The zero-order valence-corrected chi connectivity index (χ0v) is 19.9.